The molecule has 0 aromatic rings. The van der Waals surface area contributed by atoms with Gasteiger partial charge in [0.15, 0.2) is 0 Å². The Morgan fingerprint density at radius 3 is 2.00 bits per heavy atom. The zero-order valence-electron chi connectivity index (χ0n) is 7.26. The fraction of sp³-hybridized carbons (Fsp3) is 1.00. The standard InChI is InChI=1S/C7H17ClN2/c1-9(2)6-5-7(8)10(3)4/h7H,5-6H2,1-4H3. The van der Waals surface area contributed by atoms with Crippen molar-refractivity contribution in [3.8, 4) is 0 Å². The van der Waals surface area contributed by atoms with Crippen LogP contribution in [0.15, 0.2) is 0 Å². The van der Waals surface area contributed by atoms with Crippen LogP contribution in [0.1, 0.15) is 6.42 Å². The summed E-state index contributed by atoms with van der Waals surface area (Å²) < 4.78 is 0. The summed E-state index contributed by atoms with van der Waals surface area (Å²) in [6.07, 6.45) is 1.02. The highest BCUT2D eigenvalue weighted by Crippen LogP contribution is 2.04. The van der Waals surface area contributed by atoms with E-state index in [-0.39, 0.29) is 5.50 Å². The fourth-order valence-electron chi connectivity index (χ4n) is 0.623. The van der Waals surface area contributed by atoms with Gasteiger partial charge in [0, 0.05) is 6.54 Å². The summed E-state index contributed by atoms with van der Waals surface area (Å²) in [5.74, 6) is 0. The lowest BCUT2D eigenvalue weighted by Crippen LogP contribution is -2.26. The number of hydrogen-bond donors (Lipinski definition) is 0. The van der Waals surface area contributed by atoms with Crippen LogP contribution in [0.2, 0.25) is 0 Å². The van der Waals surface area contributed by atoms with Gasteiger partial charge in [-0.1, -0.05) is 0 Å². The van der Waals surface area contributed by atoms with E-state index >= 15 is 0 Å². The summed E-state index contributed by atoms with van der Waals surface area (Å²) >= 11 is 5.96. The Labute approximate surface area is 68.8 Å². The fourth-order valence-corrected chi connectivity index (χ4v) is 0.721. The molecule has 0 fully saturated rings. The van der Waals surface area contributed by atoms with Crippen LogP contribution >= 0.6 is 11.6 Å². The van der Waals surface area contributed by atoms with Crippen LogP contribution in [0.5, 0.6) is 0 Å². The summed E-state index contributed by atoms with van der Waals surface area (Å²) in [5, 5.41) is 0. The Morgan fingerprint density at radius 2 is 1.70 bits per heavy atom. The molecule has 0 aliphatic carbocycles. The van der Waals surface area contributed by atoms with Crippen molar-refractivity contribution in [3.63, 3.8) is 0 Å². The minimum atomic E-state index is 0.169. The molecule has 0 aromatic heterocycles. The predicted octanol–water partition coefficient (Wildman–Crippen LogP) is 1.06. The highest BCUT2D eigenvalue weighted by Gasteiger charge is 2.05. The summed E-state index contributed by atoms with van der Waals surface area (Å²) in [6.45, 7) is 1.05. The molecule has 62 valence electrons. The molecule has 0 heterocycles. The maximum atomic E-state index is 5.96. The molecule has 0 N–H and O–H groups in total. The lowest BCUT2D eigenvalue weighted by atomic mass is 10.4. The Hall–Kier alpha value is 0.210. The summed E-state index contributed by atoms with van der Waals surface area (Å²) in [4.78, 5) is 4.16. The average Bonchev–Trinajstić information content (AvgIpc) is 1.82. The van der Waals surface area contributed by atoms with Gasteiger partial charge < -0.3 is 4.90 Å². The van der Waals surface area contributed by atoms with Crippen LogP contribution in [0, 0.1) is 0 Å². The second kappa shape index (κ2) is 4.94. The minimum Gasteiger partial charge on any atom is -0.309 e. The van der Waals surface area contributed by atoms with E-state index in [1.54, 1.807) is 0 Å². The van der Waals surface area contributed by atoms with E-state index in [1.807, 2.05) is 19.0 Å². The van der Waals surface area contributed by atoms with E-state index in [2.05, 4.69) is 19.0 Å². The summed E-state index contributed by atoms with van der Waals surface area (Å²) in [7, 11) is 8.10. The first-order valence-electron chi connectivity index (χ1n) is 3.49. The van der Waals surface area contributed by atoms with Gasteiger partial charge in [0.25, 0.3) is 0 Å². The third-order valence-corrected chi connectivity index (χ3v) is 1.98. The molecule has 0 radical (unpaired) electrons. The van der Waals surface area contributed by atoms with Crippen molar-refractivity contribution in [1.82, 2.24) is 9.80 Å². The maximum absolute atomic E-state index is 5.96. The maximum Gasteiger partial charge on any atom is 0.0857 e. The molecular weight excluding hydrogens is 148 g/mol. The van der Waals surface area contributed by atoms with E-state index in [1.165, 1.54) is 0 Å². The molecule has 10 heavy (non-hydrogen) atoms. The van der Waals surface area contributed by atoms with Gasteiger partial charge in [-0.2, -0.15) is 0 Å². The zero-order valence-corrected chi connectivity index (χ0v) is 8.02. The molecule has 0 aliphatic rings. The number of hydrogen-bond acceptors (Lipinski definition) is 2. The second-order valence-electron chi connectivity index (χ2n) is 2.99. The Morgan fingerprint density at radius 1 is 1.20 bits per heavy atom. The molecule has 0 rings (SSSR count). The third-order valence-electron chi connectivity index (χ3n) is 1.37. The molecule has 0 saturated heterocycles. The number of nitrogens with zero attached hydrogens (tertiary/aromatic N) is 2. The molecule has 1 unspecified atom stereocenters. The Balaban J connectivity index is 3.30. The van der Waals surface area contributed by atoms with Crippen molar-refractivity contribution >= 4 is 11.6 Å². The van der Waals surface area contributed by atoms with Gasteiger partial charge in [-0.3, -0.25) is 4.90 Å². The van der Waals surface area contributed by atoms with Gasteiger partial charge in [-0.15, -0.1) is 11.6 Å². The first-order chi connectivity index (χ1) is 4.54. The molecule has 0 amide bonds. The second-order valence-corrected chi connectivity index (χ2v) is 3.49. The van der Waals surface area contributed by atoms with E-state index < -0.39 is 0 Å². The largest absolute Gasteiger partial charge is 0.309 e. The van der Waals surface area contributed by atoms with Gasteiger partial charge in [0.05, 0.1) is 5.50 Å². The normalized spacial score (nSPS) is 14.7. The van der Waals surface area contributed by atoms with E-state index in [0.717, 1.165) is 13.0 Å². The lowest BCUT2D eigenvalue weighted by molar-refractivity contribution is 0.314. The SMILES string of the molecule is CN(C)CCC(Cl)N(C)C. The van der Waals surface area contributed by atoms with Gasteiger partial charge in [-0.25, -0.2) is 0 Å². The number of halogens is 1. The average molecular weight is 165 g/mol. The molecule has 0 aliphatic heterocycles. The minimum absolute atomic E-state index is 0.169. The van der Waals surface area contributed by atoms with Gasteiger partial charge >= 0.3 is 0 Å². The van der Waals surface area contributed by atoms with Crippen molar-refractivity contribution in [3.05, 3.63) is 0 Å². The molecule has 3 heteroatoms. The number of rotatable bonds is 4. The Kier molecular flexibility index (Phi) is 5.04. The van der Waals surface area contributed by atoms with Crippen LogP contribution in [0.3, 0.4) is 0 Å². The lowest BCUT2D eigenvalue weighted by Gasteiger charge is -2.19. The molecule has 2 nitrogen and oxygen atoms in total. The van der Waals surface area contributed by atoms with Crippen molar-refractivity contribution in [2.45, 2.75) is 11.9 Å². The molecule has 0 aromatic carbocycles. The smallest absolute Gasteiger partial charge is 0.0857 e. The van der Waals surface area contributed by atoms with Crippen molar-refractivity contribution < 1.29 is 0 Å². The van der Waals surface area contributed by atoms with Crippen LogP contribution in [-0.2, 0) is 0 Å². The van der Waals surface area contributed by atoms with Crippen molar-refractivity contribution in [2.24, 2.45) is 0 Å². The van der Waals surface area contributed by atoms with Crippen molar-refractivity contribution in [2.75, 3.05) is 34.7 Å². The first-order valence-corrected chi connectivity index (χ1v) is 3.93. The van der Waals surface area contributed by atoms with Crippen LogP contribution in [0.4, 0.5) is 0 Å². The molecular formula is C7H17ClN2. The molecule has 1 atom stereocenters. The molecule has 0 spiro atoms. The van der Waals surface area contributed by atoms with E-state index in [4.69, 9.17) is 11.6 Å². The van der Waals surface area contributed by atoms with Crippen molar-refractivity contribution in [1.29, 1.82) is 0 Å². The highest BCUT2D eigenvalue weighted by molar-refractivity contribution is 6.20. The predicted molar refractivity (Wildman–Crippen MR) is 46.5 cm³/mol. The van der Waals surface area contributed by atoms with Crippen LogP contribution in [0.25, 0.3) is 0 Å². The Bertz CT molecular complexity index is 83.7. The van der Waals surface area contributed by atoms with Crippen LogP contribution < -0.4 is 0 Å². The first kappa shape index (κ1) is 10.2. The summed E-state index contributed by atoms with van der Waals surface area (Å²) in [5.41, 5.74) is 0.169. The molecule has 0 saturated carbocycles. The monoisotopic (exact) mass is 164 g/mol. The molecule has 0 bridgehead atoms. The topological polar surface area (TPSA) is 6.48 Å². The quantitative estimate of drug-likeness (QED) is 0.453. The summed E-state index contributed by atoms with van der Waals surface area (Å²) in [6, 6.07) is 0. The highest BCUT2D eigenvalue weighted by atomic mass is 35.5. The van der Waals surface area contributed by atoms with Crippen LogP contribution in [-0.4, -0.2) is 50.0 Å². The number of alkyl halides is 1. The van der Waals surface area contributed by atoms with E-state index in [9.17, 15) is 0 Å². The van der Waals surface area contributed by atoms with E-state index in [0.29, 0.717) is 0 Å². The van der Waals surface area contributed by atoms with Gasteiger partial charge in [-0.05, 0) is 34.6 Å². The third kappa shape index (κ3) is 5.03. The van der Waals surface area contributed by atoms with Gasteiger partial charge in [0.1, 0.15) is 0 Å². The zero-order chi connectivity index (χ0) is 8.15. The van der Waals surface area contributed by atoms with Gasteiger partial charge in [0.2, 0.25) is 0 Å².